The monoisotopic (exact) mass is 328 g/mol. The minimum atomic E-state index is -1.85. The quantitative estimate of drug-likeness (QED) is 0.739. The van der Waals surface area contributed by atoms with E-state index in [9.17, 15) is 14.7 Å². The SMILES string of the molecule is O=C(CC1(O)C(=O)c2ccccc2-c2ccccc21)c1ccccc1. The summed E-state index contributed by atoms with van der Waals surface area (Å²) in [4.78, 5) is 25.7. The van der Waals surface area contributed by atoms with Gasteiger partial charge >= 0.3 is 0 Å². The number of carbonyl (C=O) groups excluding carboxylic acids is 2. The Bertz CT molecular complexity index is 975. The Morgan fingerprint density at radius 1 is 0.760 bits per heavy atom. The molecule has 0 saturated heterocycles. The zero-order valence-corrected chi connectivity index (χ0v) is 13.5. The zero-order valence-electron chi connectivity index (χ0n) is 13.5. The van der Waals surface area contributed by atoms with Crippen LogP contribution in [-0.4, -0.2) is 16.7 Å². The molecule has 1 N–H and O–H groups in total. The van der Waals surface area contributed by atoms with Gasteiger partial charge in [-0.1, -0.05) is 78.9 Å². The Morgan fingerprint density at radius 3 is 2.04 bits per heavy atom. The Kier molecular flexibility index (Phi) is 3.59. The van der Waals surface area contributed by atoms with Gasteiger partial charge in [-0.3, -0.25) is 9.59 Å². The van der Waals surface area contributed by atoms with E-state index in [1.54, 1.807) is 48.5 Å². The van der Waals surface area contributed by atoms with Gasteiger partial charge in [-0.05, 0) is 16.7 Å². The lowest BCUT2D eigenvalue weighted by atomic mass is 9.72. The molecule has 0 saturated carbocycles. The number of Topliss-reactive ketones (excluding diaryl/α,β-unsaturated/α-hetero) is 2. The normalized spacial score (nSPS) is 18.4. The molecular formula is C22H16O3. The fourth-order valence-corrected chi connectivity index (χ4v) is 3.47. The smallest absolute Gasteiger partial charge is 0.200 e. The van der Waals surface area contributed by atoms with Crippen molar-refractivity contribution in [3.05, 3.63) is 95.6 Å². The van der Waals surface area contributed by atoms with Crippen molar-refractivity contribution in [2.45, 2.75) is 12.0 Å². The van der Waals surface area contributed by atoms with Crippen LogP contribution in [0.5, 0.6) is 0 Å². The average molecular weight is 328 g/mol. The first-order chi connectivity index (χ1) is 12.1. The van der Waals surface area contributed by atoms with Crippen LogP contribution in [0.2, 0.25) is 0 Å². The van der Waals surface area contributed by atoms with Crippen molar-refractivity contribution in [3.63, 3.8) is 0 Å². The molecule has 3 nitrogen and oxygen atoms in total. The van der Waals surface area contributed by atoms with Crippen LogP contribution in [0.4, 0.5) is 0 Å². The van der Waals surface area contributed by atoms with E-state index >= 15 is 0 Å². The third-order valence-electron chi connectivity index (χ3n) is 4.72. The molecule has 0 aromatic heterocycles. The maximum Gasteiger partial charge on any atom is 0.200 e. The summed E-state index contributed by atoms with van der Waals surface area (Å²) in [7, 11) is 0. The summed E-state index contributed by atoms with van der Waals surface area (Å²) < 4.78 is 0. The van der Waals surface area contributed by atoms with Crippen molar-refractivity contribution < 1.29 is 14.7 Å². The number of carbonyl (C=O) groups is 2. The summed E-state index contributed by atoms with van der Waals surface area (Å²) >= 11 is 0. The molecule has 25 heavy (non-hydrogen) atoms. The van der Waals surface area contributed by atoms with E-state index in [1.165, 1.54) is 0 Å². The predicted molar refractivity (Wildman–Crippen MR) is 95.5 cm³/mol. The van der Waals surface area contributed by atoms with Crippen molar-refractivity contribution in [1.29, 1.82) is 0 Å². The van der Waals surface area contributed by atoms with Crippen LogP contribution in [0, 0.1) is 0 Å². The molecule has 3 heteroatoms. The van der Waals surface area contributed by atoms with Gasteiger partial charge in [0.1, 0.15) is 0 Å². The molecule has 0 aliphatic heterocycles. The third kappa shape index (κ3) is 2.41. The highest BCUT2D eigenvalue weighted by molar-refractivity contribution is 6.14. The standard InChI is InChI=1S/C22H16O3/c23-20(15-8-2-1-3-9-15)14-22(25)19-13-7-6-11-17(19)16-10-4-5-12-18(16)21(22)24/h1-13,25H,14H2. The summed E-state index contributed by atoms with van der Waals surface area (Å²) in [5.74, 6) is -0.684. The van der Waals surface area contributed by atoms with Gasteiger partial charge in [-0.2, -0.15) is 0 Å². The zero-order chi connectivity index (χ0) is 17.4. The van der Waals surface area contributed by atoms with Crippen LogP contribution in [0.25, 0.3) is 11.1 Å². The van der Waals surface area contributed by atoms with E-state index in [2.05, 4.69) is 0 Å². The van der Waals surface area contributed by atoms with E-state index in [-0.39, 0.29) is 12.2 Å². The van der Waals surface area contributed by atoms with Crippen LogP contribution in [-0.2, 0) is 5.60 Å². The van der Waals surface area contributed by atoms with Crippen LogP contribution in [0.15, 0.2) is 78.9 Å². The molecule has 1 aliphatic carbocycles. The van der Waals surface area contributed by atoms with Gasteiger partial charge in [0.05, 0.1) is 6.42 Å². The van der Waals surface area contributed by atoms with Gasteiger partial charge < -0.3 is 5.11 Å². The van der Waals surface area contributed by atoms with Crippen LogP contribution < -0.4 is 0 Å². The van der Waals surface area contributed by atoms with Gasteiger partial charge in [0.25, 0.3) is 0 Å². The van der Waals surface area contributed by atoms with Gasteiger partial charge in [0.2, 0.25) is 0 Å². The summed E-state index contributed by atoms with van der Waals surface area (Å²) in [6.45, 7) is 0. The lowest BCUT2D eigenvalue weighted by molar-refractivity contribution is 0.0245. The van der Waals surface area contributed by atoms with E-state index in [0.29, 0.717) is 16.7 Å². The maximum absolute atomic E-state index is 13.1. The molecule has 0 radical (unpaired) electrons. The molecular weight excluding hydrogens is 312 g/mol. The molecule has 4 rings (SSSR count). The first kappa shape index (κ1) is 15.5. The van der Waals surface area contributed by atoms with E-state index in [0.717, 1.165) is 11.1 Å². The lowest BCUT2D eigenvalue weighted by Gasteiger charge is -2.33. The highest BCUT2D eigenvalue weighted by atomic mass is 16.3. The van der Waals surface area contributed by atoms with Crippen LogP contribution in [0.3, 0.4) is 0 Å². The number of fused-ring (bicyclic) bond motifs is 3. The Balaban J connectivity index is 1.84. The summed E-state index contributed by atoms with van der Waals surface area (Å²) in [5.41, 5.74) is 1.16. The van der Waals surface area contributed by atoms with E-state index in [1.807, 2.05) is 30.3 Å². The van der Waals surface area contributed by atoms with Crippen molar-refractivity contribution in [3.8, 4) is 11.1 Å². The highest BCUT2D eigenvalue weighted by Gasteiger charge is 2.46. The fourth-order valence-electron chi connectivity index (χ4n) is 3.47. The number of hydrogen-bond acceptors (Lipinski definition) is 3. The maximum atomic E-state index is 13.1. The molecule has 3 aromatic rings. The molecule has 0 bridgehead atoms. The molecule has 0 fully saturated rings. The van der Waals surface area contributed by atoms with E-state index < -0.39 is 11.4 Å². The number of aliphatic hydroxyl groups is 1. The minimum absolute atomic E-state index is 0.259. The van der Waals surface area contributed by atoms with Crippen molar-refractivity contribution >= 4 is 11.6 Å². The molecule has 1 atom stereocenters. The lowest BCUT2D eigenvalue weighted by Crippen LogP contribution is -2.41. The summed E-state index contributed by atoms with van der Waals surface area (Å²) in [5, 5.41) is 11.3. The van der Waals surface area contributed by atoms with Gasteiger partial charge in [-0.25, -0.2) is 0 Å². The van der Waals surface area contributed by atoms with Crippen molar-refractivity contribution in [2.24, 2.45) is 0 Å². The predicted octanol–water partition coefficient (Wildman–Crippen LogP) is 4.01. The molecule has 0 heterocycles. The minimum Gasteiger partial charge on any atom is -0.376 e. The number of benzene rings is 3. The first-order valence-corrected chi connectivity index (χ1v) is 8.15. The molecule has 0 amide bonds. The van der Waals surface area contributed by atoms with Gasteiger partial charge in [-0.15, -0.1) is 0 Å². The van der Waals surface area contributed by atoms with E-state index in [4.69, 9.17) is 0 Å². The second-order valence-electron chi connectivity index (χ2n) is 6.25. The molecule has 3 aromatic carbocycles. The second-order valence-corrected chi connectivity index (χ2v) is 6.25. The molecule has 1 unspecified atom stereocenters. The Labute approximate surface area is 145 Å². The topological polar surface area (TPSA) is 54.4 Å². The molecule has 1 aliphatic rings. The molecule has 122 valence electrons. The number of rotatable bonds is 3. The first-order valence-electron chi connectivity index (χ1n) is 8.15. The summed E-state index contributed by atoms with van der Waals surface area (Å²) in [6.07, 6.45) is -0.277. The van der Waals surface area contributed by atoms with Crippen molar-refractivity contribution in [2.75, 3.05) is 0 Å². The van der Waals surface area contributed by atoms with Gasteiger partial charge in [0.15, 0.2) is 17.2 Å². The highest BCUT2D eigenvalue weighted by Crippen LogP contribution is 2.43. The fraction of sp³-hybridized carbons (Fsp3) is 0.0909. The van der Waals surface area contributed by atoms with Crippen LogP contribution >= 0.6 is 0 Å². The molecule has 0 spiro atoms. The number of ketones is 2. The summed E-state index contributed by atoms with van der Waals surface area (Å²) in [6, 6.07) is 23.2. The number of hydrogen-bond donors (Lipinski definition) is 1. The Hall–Kier alpha value is -3.04. The average Bonchev–Trinajstić information content (AvgIpc) is 2.67. The van der Waals surface area contributed by atoms with Crippen molar-refractivity contribution in [1.82, 2.24) is 0 Å². The largest absolute Gasteiger partial charge is 0.376 e. The van der Waals surface area contributed by atoms with Gasteiger partial charge in [0, 0.05) is 11.1 Å². The second kappa shape index (κ2) is 5.80. The third-order valence-corrected chi connectivity index (χ3v) is 4.72. The van der Waals surface area contributed by atoms with Crippen LogP contribution in [0.1, 0.15) is 32.7 Å². The Morgan fingerprint density at radius 2 is 1.32 bits per heavy atom.